The number of H-pyrrole nitrogens is 1. The van der Waals surface area contributed by atoms with Crippen LogP contribution >= 0.6 is 11.3 Å². The number of imidazole rings is 1. The van der Waals surface area contributed by atoms with E-state index in [0.29, 0.717) is 12.1 Å². The molecule has 5 rings (SSSR count). The monoisotopic (exact) mass is 434 g/mol. The van der Waals surface area contributed by atoms with E-state index in [1.807, 2.05) is 17.9 Å². The number of nitrogens with one attached hydrogen (secondary N) is 2. The van der Waals surface area contributed by atoms with Crippen molar-refractivity contribution in [3.05, 3.63) is 64.6 Å². The molecule has 1 aliphatic rings. The molecule has 7 nitrogen and oxygen atoms in total. The molecule has 1 aromatic carbocycles. The summed E-state index contributed by atoms with van der Waals surface area (Å²) in [6.07, 6.45) is 6.65. The highest BCUT2D eigenvalue weighted by Gasteiger charge is 2.30. The van der Waals surface area contributed by atoms with Crippen molar-refractivity contribution in [3.63, 3.8) is 0 Å². The minimum Gasteiger partial charge on any atom is -0.338 e. The zero-order chi connectivity index (χ0) is 21.4. The summed E-state index contributed by atoms with van der Waals surface area (Å²) >= 11 is 1.70. The van der Waals surface area contributed by atoms with Gasteiger partial charge in [-0.05, 0) is 37.8 Å². The quantitative estimate of drug-likeness (QED) is 0.475. The number of anilines is 2. The third-order valence-corrected chi connectivity index (χ3v) is 6.97. The summed E-state index contributed by atoms with van der Waals surface area (Å²) in [5.74, 6) is 1.10. The minimum atomic E-state index is 0.0489. The molecule has 0 aliphatic carbocycles. The molecule has 8 heteroatoms. The molecule has 4 heterocycles. The van der Waals surface area contributed by atoms with Crippen LogP contribution in [0, 0.1) is 6.92 Å². The van der Waals surface area contributed by atoms with Crippen LogP contribution in [0.15, 0.2) is 42.0 Å². The van der Waals surface area contributed by atoms with E-state index in [1.54, 1.807) is 17.5 Å². The van der Waals surface area contributed by atoms with Crippen molar-refractivity contribution in [3.8, 4) is 0 Å². The molecule has 160 valence electrons. The van der Waals surface area contributed by atoms with E-state index < -0.39 is 0 Å². The predicted molar refractivity (Wildman–Crippen MR) is 123 cm³/mol. The van der Waals surface area contributed by atoms with Gasteiger partial charge in [0.15, 0.2) is 0 Å². The maximum absolute atomic E-state index is 13.0. The van der Waals surface area contributed by atoms with Crippen molar-refractivity contribution >= 4 is 33.7 Å². The summed E-state index contributed by atoms with van der Waals surface area (Å²) in [6, 6.07) is 8.35. The number of aromatic amines is 1. The molecule has 1 fully saturated rings. The molecule has 0 unspecified atom stereocenters. The van der Waals surface area contributed by atoms with Gasteiger partial charge < -0.3 is 10.2 Å². The van der Waals surface area contributed by atoms with Gasteiger partial charge in [0.2, 0.25) is 5.95 Å². The van der Waals surface area contributed by atoms with Gasteiger partial charge in [-0.15, -0.1) is 11.3 Å². The van der Waals surface area contributed by atoms with Crippen molar-refractivity contribution < 1.29 is 4.79 Å². The summed E-state index contributed by atoms with van der Waals surface area (Å²) in [5, 5.41) is 12.5. The van der Waals surface area contributed by atoms with Gasteiger partial charge in [0, 0.05) is 42.0 Å². The fraction of sp³-hybridized carbons (Fsp3) is 0.348. The number of amides is 1. The number of likely N-dealkylation sites (tertiary alicyclic amines) is 1. The van der Waals surface area contributed by atoms with Gasteiger partial charge >= 0.3 is 0 Å². The molecule has 3 aromatic heterocycles. The minimum absolute atomic E-state index is 0.0489. The number of aryl methyl sites for hydroxylation is 2. The zero-order valence-electron chi connectivity index (χ0n) is 17.8. The first-order chi connectivity index (χ1) is 15.2. The highest BCUT2D eigenvalue weighted by atomic mass is 32.1. The fourth-order valence-electron chi connectivity index (χ4n) is 4.39. The van der Waals surface area contributed by atoms with E-state index in [9.17, 15) is 4.79 Å². The van der Waals surface area contributed by atoms with Crippen molar-refractivity contribution in [2.45, 2.75) is 39.0 Å². The topological polar surface area (TPSA) is 78.3 Å². The van der Waals surface area contributed by atoms with Crippen molar-refractivity contribution in [2.75, 3.05) is 18.4 Å². The standard InChI is InChI=1S/C23H26N6OS/c1-3-16-7-4-5-9-19(16)25-23-26-20(22-29(23)11-12-31-22)17-8-6-10-28(14-17)21(30)18-13-24-27-15(18)2/h4-5,7,9,11-13,17H,3,6,8,10,14H2,1-2H3,(H,24,27)(H,25,26)/t17-/m0/s1. The van der Waals surface area contributed by atoms with Gasteiger partial charge in [-0.3, -0.25) is 14.3 Å². The van der Waals surface area contributed by atoms with Gasteiger partial charge in [-0.2, -0.15) is 5.10 Å². The second-order valence-corrected chi connectivity index (χ2v) is 8.93. The van der Waals surface area contributed by atoms with E-state index in [1.165, 1.54) is 5.56 Å². The summed E-state index contributed by atoms with van der Waals surface area (Å²) in [7, 11) is 0. The second kappa shape index (κ2) is 8.19. The molecule has 1 aliphatic heterocycles. The number of nitrogens with zero attached hydrogens (tertiary/aromatic N) is 4. The van der Waals surface area contributed by atoms with E-state index in [0.717, 1.165) is 53.7 Å². The van der Waals surface area contributed by atoms with Gasteiger partial charge in [0.1, 0.15) is 4.83 Å². The van der Waals surface area contributed by atoms with Crippen LogP contribution in [0.4, 0.5) is 11.6 Å². The lowest BCUT2D eigenvalue weighted by Gasteiger charge is -2.32. The molecular weight excluding hydrogens is 408 g/mol. The van der Waals surface area contributed by atoms with Crippen molar-refractivity contribution in [2.24, 2.45) is 0 Å². The molecule has 1 amide bonds. The third-order valence-electron chi connectivity index (χ3n) is 6.08. The lowest BCUT2D eigenvalue weighted by Crippen LogP contribution is -2.39. The Morgan fingerprint density at radius 3 is 3.03 bits per heavy atom. The van der Waals surface area contributed by atoms with Gasteiger partial charge in [-0.25, -0.2) is 4.98 Å². The third kappa shape index (κ3) is 3.61. The predicted octanol–water partition coefficient (Wildman–Crippen LogP) is 4.75. The maximum atomic E-state index is 13.0. The summed E-state index contributed by atoms with van der Waals surface area (Å²) in [4.78, 5) is 21.1. The molecule has 0 saturated carbocycles. The Labute approximate surface area is 185 Å². The number of aromatic nitrogens is 4. The molecule has 0 radical (unpaired) electrons. The highest BCUT2D eigenvalue weighted by Crippen LogP contribution is 2.35. The first-order valence-electron chi connectivity index (χ1n) is 10.7. The van der Waals surface area contributed by atoms with Crippen molar-refractivity contribution in [1.29, 1.82) is 0 Å². The number of fused-ring (bicyclic) bond motifs is 1. The Morgan fingerprint density at radius 1 is 1.35 bits per heavy atom. The van der Waals surface area contributed by atoms with Gasteiger partial charge in [0.05, 0.1) is 17.5 Å². The van der Waals surface area contributed by atoms with Crippen LogP contribution in [-0.2, 0) is 6.42 Å². The zero-order valence-corrected chi connectivity index (χ0v) is 18.6. The first-order valence-corrected chi connectivity index (χ1v) is 11.6. The summed E-state index contributed by atoms with van der Waals surface area (Å²) in [5.41, 5.74) is 4.90. The molecule has 1 atom stereocenters. The molecular formula is C23H26N6OS. The number of piperidine rings is 1. The van der Waals surface area contributed by atoms with Crippen LogP contribution in [-0.4, -0.2) is 43.5 Å². The Bertz CT molecular complexity index is 1220. The number of carbonyl (C=O) groups is 1. The molecule has 2 N–H and O–H groups in total. The Morgan fingerprint density at radius 2 is 2.23 bits per heavy atom. The number of carbonyl (C=O) groups excluding carboxylic acids is 1. The Hall–Kier alpha value is -3.13. The smallest absolute Gasteiger partial charge is 0.257 e. The molecule has 31 heavy (non-hydrogen) atoms. The number of hydrogen-bond donors (Lipinski definition) is 2. The number of benzene rings is 1. The lowest BCUT2D eigenvalue weighted by atomic mass is 9.94. The summed E-state index contributed by atoms with van der Waals surface area (Å²) in [6.45, 7) is 5.50. The highest BCUT2D eigenvalue weighted by molar-refractivity contribution is 7.15. The second-order valence-electron chi connectivity index (χ2n) is 8.03. The van der Waals surface area contributed by atoms with Gasteiger partial charge in [0.25, 0.3) is 5.91 Å². The van der Waals surface area contributed by atoms with E-state index in [4.69, 9.17) is 4.98 Å². The van der Waals surface area contributed by atoms with Gasteiger partial charge in [-0.1, -0.05) is 25.1 Å². The van der Waals surface area contributed by atoms with E-state index in [-0.39, 0.29) is 11.8 Å². The van der Waals surface area contributed by atoms with Crippen LogP contribution in [0.1, 0.15) is 53.0 Å². The van der Waals surface area contributed by atoms with E-state index in [2.05, 4.69) is 56.6 Å². The van der Waals surface area contributed by atoms with Crippen molar-refractivity contribution in [1.82, 2.24) is 24.5 Å². The largest absolute Gasteiger partial charge is 0.338 e. The average Bonchev–Trinajstić information content (AvgIpc) is 3.52. The number of hydrogen-bond acceptors (Lipinski definition) is 5. The number of rotatable bonds is 5. The molecule has 0 bridgehead atoms. The SMILES string of the molecule is CCc1ccccc1Nc1nc([C@H]2CCCN(C(=O)c3cn[nH]c3C)C2)c2sccn12. The maximum Gasteiger partial charge on any atom is 0.257 e. The van der Waals surface area contributed by atoms with Crippen LogP contribution in [0.2, 0.25) is 0 Å². The van der Waals surface area contributed by atoms with Crippen LogP contribution in [0.3, 0.4) is 0 Å². The van der Waals surface area contributed by atoms with Crippen LogP contribution < -0.4 is 5.32 Å². The first kappa shape index (κ1) is 19.8. The molecule has 0 spiro atoms. The van der Waals surface area contributed by atoms with Crippen LogP contribution in [0.5, 0.6) is 0 Å². The molecule has 1 saturated heterocycles. The number of para-hydroxylation sites is 1. The fourth-order valence-corrected chi connectivity index (χ4v) is 5.30. The summed E-state index contributed by atoms with van der Waals surface area (Å²) < 4.78 is 2.13. The Balaban J connectivity index is 1.43. The average molecular weight is 435 g/mol. The number of thiazole rings is 1. The van der Waals surface area contributed by atoms with Crippen LogP contribution in [0.25, 0.3) is 4.83 Å². The lowest BCUT2D eigenvalue weighted by molar-refractivity contribution is 0.0706. The van der Waals surface area contributed by atoms with E-state index >= 15 is 0 Å². The molecule has 4 aromatic rings. The normalized spacial score (nSPS) is 16.7. The Kier molecular flexibility index (Phi) is 5.23.